The second-order valence-electron chi connectivity index (χ2n) is 8.81. The van der Waals surface area contributed by atoms with Crippen LogP contribution >= 0.6 is 0 Å². The van der Waals surface area contributed by atoms with Crippen LogP contribution in [-0.4, -0.2) is 81.9 Å². The number of aromatic nitrogens is 2. The summed E-state index contributed by atoms with van der Waals surface area (Å²) in [6.45, 7) is 5.63. The highest BCUT2D eigenvalue weighted by molar-refractivity contribution is 6.07. The smallest absolute Gasteiger partial charge is 0.327 e. The summed E-state index contributed by atoms with van der Waals surface area (Å²) in [7, 11) is 3.54. The van der Waals surface area contributed by atoms with Crippen molar-refractivity contribution in [1.82, 2.24) is 24.5 Å². The number of urea groups is 1. The van der Waals surface area contributed by atoms with E-state index in [4.69, 9.17) is 4.74 Å². The van der Waals surface area contributed by atoms with Crippen LogP contribution in [0, 0.1) is 6.92 Å². The molecular weight excluding hydrogens is 406 g/mol. The maximum absolute atomic E-state index is 13.5. The fraction of sp³-hybridized carbons (Fsp3) is 0.542. The molecule has 8 nitrogen and oxygen atoms in total. The van der Waals surface area contributed by atoms with E-state index < -0.39 is 5.54 Å². The van der Waals surface area contributed by atoms with Crippen LogP contribution in [0.3, 0.4) is 0 Å². The molecule has 2 aliphatic rings. The summed E-state index contributed by atoms with van der Waals surface area (Å²) in [6.07, 6.45) is 3.95. The molecule has 0 radical (unpaired) electrons. The van der Waals surface area contributed by atoms with Crippen LogP contribution in [0.4, 0.5) is 4.79 Å². The van der Waals surface area contributed by atoms with E-state index in [2.05, 4.69) is 29.1 Å². The predicted octanol–water partition coefficient (Wildman–Crippen LogP) is 2.22. The van der Waals surface area contributed by atoms with E-state index in [0.717, 1.165) is 31.7 Å². The molecule has 0 bridgehead atoms. The van der Waals surface area contributed by atoms with Crippen LogP contribution in [-0.2, 0) is 29.5 Å². The fourth-order valence-corrected chi connectivity index (χ4v) is 4.86. The summed E-state index contributed by atoms with van der Waals surface area (Å²) in [5.74, 6) is -0.0650. The van der Waals surface area contributed by atoms with E-state index in [1.165, 1.54) is 16.0 Å². The van der Waals surface area contributed by atoms with Gasteiger partial charge in [0.25, 0.3) is 5.91 Å². The number of nitrogens with zero attached hydrogens (tertiary/aromatic N) is 5. The maximum atomic E-state index is 13.5. The molecule has 1 spiro atoms. The molecule has 2 saturated heterocycles. The number of likely N-dealkylation sites (tertiary alicyclic amines) is 1. The van der Waals surface area contributed by atoms with E-state index in [9.17, 15) is 9.59 Å². The van der Waals surface area contributed by atoms with Crippen molar-refractivity contribution in [2.75, 3.05) is 39.9 Å². The van der Waals surface area contributed by atoms with Crippen molar-refractivity contribution in [3.05, 3.63) is 53.3 Å². The summed E-state index contributed by atoms with van der Waals surface area (Å²) in [4.78, 5) is 32.4. The second-order valence-corrected chi connectivity index (χ2v) is 8.81. The number of rotatable bonds is 8. The van der Waals surface area contributed by atoms with Gasteiger partial charge in [-0.15, -0.1) is 0 Å². The van der Waals surface area contributed by atoms with Crippen LogP contribution in [0.2, 0.25) is 0 Å². The van der Waals surface area contributed by atoms with Gasteiger partial charge < -0.3 is 9.64 Å². The van der Waals surface area contributed by atoms with E-state index in [-0.39, 0.29) is 11.9 Å². The first kappa shape index (κ1) is 22.5. The first-order chi connectivity index (χ1) is 15.5. The minimum absolute atomic E-state index is 0.0650. The van der Waals surface area contributed by atoms with Crippen molar-refractivity contribution in [2.24, 2.45) is 7.05 Å². The Morgan fingerprint density at radius 2 is 1.81 bits per heavy atom. The summed E-state index contributed by atoms with van der Waals surface area (Å²) >= 11 is 0. The monoisotopic (exact) mass is 439 g/mol. The van der Waals surface area contributed by atoms with Crippen LogP contribution in [0.5, 0.6) is 0 Å². The summed E-state index contributed by atoms with van der Waals surface area (Å²) in [6, 6.07) is 9.95. The Bertz CT molecular complexity index is 950. The minimum Gasteiger partial charge on any atom is -0.383 e. The average molecular weight is 440 g/mol. The largest absolute Gasteiger partial charge is 0.383 e. The van der Waals surface area contributed by atoms with Crippen molar-refractivity contribution in [3.63, 3.8) is 0 Å². The highest BCUT2D eigenvalue weighted by Crippen LogP contribution is 2.37. The summed E-state index contributed by atoms with van der Waals surface area (Å²) in [5, 5.41) is 4.34. The van der Waals surface area contributed by atoms with Crippen LogP contribution in [0.1, 0.15) is 29.7 Å². The average Bonchev–Trinajstić information content (AvgIpc) is 3.22. The standard InChI is InChI=1S/C24H33N5O3/c1-19-21(17-25-26(19)2)18-27-13-10-24(11-14-27)22(30)28(15-16-32-3)23(31)29(24)12-9-20-7-5-4-6-8-20/h4-8,17H,9-16,18H2,1-3H3. The molecule has 32 heavy (non-hydrogen) atoms. The molecule has 0 N–H and O–H groups in total. The molecule has 1 aromatic carbocycles. The predicted molar refractivity (Wildman–Crippen MR) is 121 cm³/mol. The third kappa shape index (κ3) is 4.17. The Morgan fingerprint density at radius 1 is 1.09 bits per heavy atom. The van der Waals surface area contributed by atoms with Gasteiger partial charge in [0, 0.05) is 51.6 Å². The van der Waals surface area contributed by atoms with Crippen molar-refractivity contribution in [2.45, 2.75) is 38.3 Å². The molecule has 2 aliphatic heterocycles. The maximum Gasteiger partial charge on any atom is 0.327 e. The molecule has 2 fully saturated rings. The highest BCUT2D eigenvalue weighted by atomic mass is 16.5. The Kier molecular flexibility index (Phi) is 6.62. The number of aryl methyl sites for hydroxylation is 1. The number of benzene rings is 1. The molecule has 4 rings (SSSR count). The third-order valence-electron chi connectivity index (χ3n) is 7.02. The van der Waals surface area contributed by atoms with E-state index >= 15 is 0 Å². The van der Waals surface area contributed by atoms with Crippen LogP contribution in [0.25, 0.3) is 0 Å². The van der Waals surface area contributed by atoms with Gasteiger partial charge in [0.15, 0.2) is 0 Å². The molecule has 3 heterocycles. The second kappa shape index (κ2) is 9.42. The van der Waals surface area contributed by atoms with Gasteiger partial charge in [-0.05, 0) is 31.7 Å². The zero-order chi connectivity index (χ0) is 22.7. The Balaban J connectivity index is 1.49. The summed E-state index contributed by atoms with van der Waals surface area (Å²) < 4.78 is 7.04. The van der Waals surface area contributed by atoms with Gasteiger partial charge in [0.05, 0.1) is 19.3 Å². The molecule has 0 saturated carbocycles. The molecule has 172 valence electrons. The molecule has 2 aromatic rings. The molecule has 0 unspecified atom stereocenters. The molecule has 0 atom stereocenters. The Hall–Kier alpha value is -2.71. The number of methoxy groups -OCH3 is 1. The van der Waals surface area contributed by atoms with Crippen LogP contribution < -0.4 is 0 Å². The SMILES string of the molecule is COCCN1C(=O)N(CCc2ccccc2)C2(CCN(Cc3cnn(C)c3C)CC2)C1=O. The zero-order valence-electron chi connectivity index (χ0n) is 19.3. The molecular formula is C24H33N5O3. The Morgan fingerprint density at radius 3 is 2.44 bits per heavy atom. The lowest BCUT2D eigenvalue weighted by Crippen LogP contribution is -2.56. The number of carbonyl (C=O) groups is 2. The zero-order valence-corrected chi connectivity index (χ0v) is 19.3. The fourth-order valence-electron chi connectivity index (χ4n) is 4.86. The van der Waals surface area contributed by atoms with Crippen molar-refractivity contribution in [3.8, 4) is 0 Å². The van der Waals surface area contributed by atoms with Crippen LogP contribution in [0.15, 0.2) is 36.5 Å². The van der Waals surface area contributed by atoms with E-state index in [1.54, 1.807) is 7.11 Å². The number of hydrogen-bond acceptors (Lipinski definition) is 5. The van der Waals surface area contributed by atoms with Gasteiger partial charge in [-0.2, -0.15) is 5.10 Å². The van der Waals surface area contributed by atoms with Gasteiger partial charge in [-0.1, -0.05) is 30.3 Å². The Labute approximate surface area is 189 Å². The summed E-state index contributed by atoms with van der Waals surface area (Å²) in [5.41, 5.74) is 2.79. The normalized spacial score (nSPS) is 18.8. The van der Waals surface area contributed by atoms with Gasteiger partial charge >= 0.3 is 6.03 Å². The number of ether oxygens (including phenoxy) is 1. The van der Waals surface area contributed by atoms with Crippen molar-refractivity contribution in [1.29, 1.82) is 0 Å². The number of carbonyl (C=O) groups excluding carboxylic acids is 2. The quantitative estimate of drug-likeness (QED) is 0.590. The van der Waals surface area contributed by atoms with Gasteiger partial charge in [-0.25, -0.2) is 4.79 Å². The number of amides is 3. The lowest BCUT2D eigenvalue weighted by molar-refractivity contribution is -0.136. The third-order valence-corrected chi connectivity index (χ3v) is 7.02. The van der Waals surface area contributed by atoms with Gasteiger partial charge in [-0.3, -0.25) is 19.3 Å². The highest BCUT2D eigenvalue weighted by Gasteiger charge is 2.57. The first-order valence-electron chi connectivity index (χ1n) is 11.3. The number of imide groups is 1. The molecule has 1 aromatic heterocycles. The molecule has 0 aliphatic carbocycles. The minimum atomic E-state index is -0.750. The van der Waals surface area contributed by atoms with Crippen molar-refractivity contribution >= 4 is 11.9 Å². The topological polar surface area (TPSA) is 70.9 Å². The van der Waals surface area contributed by atoms with E-state index in [1.807, 2.05) is 41.0 Å². The van der Waals surface area contributed by atoms with Gasteiger partial charge in [0.1, 0.15) is 5.54 Å². The number of piperidine rings is 1. The van der Waals surface area contributed by atoms with Gasteiger partial charge in [0.2, 0.25) is 0 Å². The molecule has 3 amide bonds. The molecule has 8 heteroatoms. The lowest BCUT2D eigenvalue weighted by Gasteiger charge is -2.42. The first-order valence-corrected chi connectivity index (χ1v) is 11.3. The van der Waals surface area contributed by atoms with Crippen molar-refractivity contribution < 1.29 is 14.3 Å². The van der Waals surface area contributed by atoms with E-state index in [0.29, 0.717) is 32.5 Å². The lowest BCUT2D eigenvalue weighted by atomic mass is 9.85. The number of hydrogen-bond donors (Lipinski definition) is 0.